The highest BCUT2D eigenvalue weighted by Crippen LogP contribution is 2.49. The van der Waals surface area contributed by atoms with Crippen molar-refractivity contribution in [3.8, 4) is 5.75 Å². The van der Waals surface area contributed by atoms with Gasteiger partial charge in [-0.25, -0.2) is 4.79 Å². The molecule has 1 rings (SSSR count). The van der Waals surface area contributed by atoms with Gasteiger partial charge in [0.15, 0.2) is 0 Å². The van der Waals surface area contributed by atoms with E-state index in [1.807, 2.05) is 13.8 Å². The third-order valence-corrected chi connectivity index (χ3v) is 7.95. The number of para-hydroxylation sites is 1. The fourth-order valence-corrected chi connectivity index (χ4v) is 6.08. The van der Waals surface area contributed by atoms with Crippen molar-refractivity contribution in [3.63, 3.8) is 0 Å². The lowest BCUT2D eigenvalue weighted by atomic mass is 10.2. The summed E-state index contributed by atoms with van der Waals surface area (Å²) in [5.74, 6) is -0.354. The van der Waals surface area contributed by atoms with Gasteiger partial charge in [-0.05, 0) is 58.6 Å². The lowest BCUT2D eigenvalue weighted by molar-refractivity contribution is -0.109. The molecular formula is C21H36N3O7PS3. The Bertz CT molecular complexity index is 865. The minimum atomic E-state index is -3.46. The number of ether oxygens (including phenoxy) is 1. The summed E-state index contributed by atoms with van der Waals surface area (Å²) in [6, 6.07) is 6.33. The van der Waals surface area contributed by atoms with Gasteiger partial charge in [0.2, 0.25) is 0 Å². The van der Waals surface area contributed by atoms with Crippen LogP contribution >= 0.6 is 28.2 Å². The topological polar surface area (TPSA) is 109 Å². The summed E-state index contributed by atoms with van der Waals surface area (Å²) < 4.78 is 10.8. The van der Waals surface area contributed by atoms with E-state index in [1.165, 1.54) is 14.6 Å². The van der Waals surface area contributed by atoms with Crippen LogP contribution in [-0.2, 0) is 21.4 Å². The highest BCUT2D eigenvalue weighted by Gasteiger charge is 2.31. The van der Waals surface area contributed by atoms with Crippen molar-refractivity contribution in [2.24, 2.45) is 0 Å². The van der Waals surface area contributed by atoms with Gasteiger partial charge < -0.3 is 24.0 Å². The molecule has 1 aromatic carbocycles. The van der Waals surface area contributed by atoms with Crippen molar-refractivity contribution in [2.45, 2.75) is 46.8 Å². The van der Waals surface area contributed by atoms with Crippen LogP contribution in [0.1, 0.15) is 45.0 Å². The Kier molecular flexibility index (Phi) is 15.8. The Labute approximate surface area is 221 Å². The van der Waals surface area contributed by atoms with Gasteiger partial charge in [-0.1, -0.05) is 12.1 Å². The molecule has 200 valence electrons. The summed E-state index contributed by atoms with van der Waals surface area (Å²) in [7, 11) is 8.46. The van der Waals surface area contributed by atoms with Crippen LogP contribution in [-0.4, -0.2) is 82.9 Å². The molecule has 1 aromatic rings. The molecule has 2 amide bonds. The van der Waals surface area contributed by atoms with Crippen LogP contribution in [0.5, 0.6) is 5.75 Å². The van der Waals surface area contributed by atoms with Crippen molar-refractivity contribution in [1.82, 2.24) is 14.6 Å². The summed E-state index contributed by atoms with van der Waals surface area (Å²) in [5, 5.41) is -0.259. The molecule has 0 aliphatic carbocycles. The summed E-state index contributed by atoms with van der Waals surface area (Å²) in [6.45, 7) is 5.85. The molecule has 0 spiro atoms. The molecule has 0 aliphatic heterocycles. The van der Waals surface area contributed by atoms with Crippen molar-refractivity contribution >= 4 is 56.5 Å². The minimum Gasteiger partial charge on any atom is -0.459 e. The van der Waals surface area contributed by atoms with Gasteiger partial charge in [0.25, 0.3) is 10.5 Å². The lowest BCUT2D eigenvalue weighted by Gasteiger charge is -2.31. The number of benzene rings is 1. The number of nitrogens with zero attached hydrogens (tertiary/aromatic N) is 3. The van der Waals surface area contributed by atoms with Crippen LogP contribution in [0.4, 0.5) is 9.59 Å². The zero-order valence-corrected chi connectivity index (χ0v) is 24.9. The van der Waals surface area contributed by atoms with E-state index >= 15 is 0 Å². The fraction of sp³-hybridized carbons (Fsp3) is 0.571. The van der Waals surface area contributed by atoms with E-state index in [0.717, 1.165) is 21.6 Å². The van der Waals surface area contributed by atoms with Gasteiger partial charge in [0, 0.05) is 55.8 Å². The van der Waals surface area contributed by atoms with Gasteiger partial charge in [0.1, 0.15) is 11.3 Å². The Morgan fingerprint density at radius 3 is 1.89 bits per heavy atom. The number of hydrogen-bond donors (Lipinski definition) is 1. The predicted molar refractivity (Wildman–Crippen MR) is 146 cm³/mol. The molecule has 0 aliphatic rings. The highest BCUT2D eigenvalue weighted by atomic mass is 33.1. The van der Waals surface area contributed by atoms with Gasteiger partial charge in [-0.15, -0.1) is 4.83 Å². The van der Waals surface area contributed by atoms with Crippen LogP contribution in [0.15, 0.2) is 24.3 Å². The Balaban J connectivity index is 0.000000814. The molecule has 0 fully saturated rings. The van der Waals surface area contributed by atoms with Crippen molar-refractivity contribution in [2.75, 3.05) is 34.8 Å². The molecule has 1 unspecified atom stereocenters. The summed E-state index contributed by atoms with van der Waals surface area (Å²) in [4.78, 5) is 54.2. The molecule has 0 saturated carbocycles. The highest BCUT2D eigenvalue weighted by molar-refractivity contribution is 8.87. The molecule has 10 nitrogen and oxygen atoms in total. The van der Waals surface area contributed by atoms with Crippen LogP contribution in [0, 0.1) is 0 Å². The van der Waals surface area contributed by atoms with Gasteiger partial charge in [0.05, 0.1) is 12.7 Å². The average molecular weight is 570 g/mol. The molecule has 0 heterocycles. The first kappa shape index (κ1) is 33.7. The smallest absolute Gasteiger partial charge is 0.342 e. The summed E-state index contributed by atoms with van der Waals surface area (Å²) in [6.07, 6.45) is -0.261. The zero-order chi connectivity index (χ0) is 27.3. The number of carbonyl (C=O) groups is 3. The monoisotopic (exact) mass is 569 g/mol. The molecular weight excluding hydrogens is 533 g/mol. The van der Waals surface area contributed by atoms with Crippen LogP contribution in [0.3, 0.4) is 0 Å². The Morgan fingerprint density at radius 2 is 1.49 bits per heavy atom. The van der Waals surface area contributed by atoms with Crippen LogP contribution < -0.4 is 4.52 Å². The van der Waals surface area contributed by atoms with E-state index < -0.39 is 12.6 Å². The number of hydroxylamine groups is 1. The van der Waals surface area contributed by atoms with E-state index in [-0.39, 0.29) is 33.9 Å². The molecule has 0 radical (unpaired) electrons. The second-order valence-electron chi connectivity index (χ2n) is 7.83. The van der Waals surface area contributed by atoms with Gasteiger partial charge in [-0.2, -0.15) is 0 Å². The van der Waals surface area contributed by atoms with E-state index in [4.69, 9.17) is 25.9 Å². The molecule has 1 atom stereocenters. The lowest BCUT2D eigenvalue weighted by Crippen LogP contribution is -2.30. The number of amides is 2. The standard InChI is InChI=1S/C15H24NO5PS.C6H12N2O2S2/c1-6-19-16(11(2)3)22(18,23)21-14-10-8-7-9-13(14)15(17)20-12(4)5;1-7(2)5(9)11-12-6(10)8(3)4/h7-12H,6H2,1-5H3,(H,18,23);1-4H3. The number of rotatable bonds is 8. The zero-order valence-electron chi connectivity index (χ0n) is 21.6. The number of hydrogen-bond acceptors (Lipinski definition) is 9. The average Bonchev–Trinajstić information content (AvgIpc) is 2.74. The molecule has 14 heteroatoms. The van der Waals surface area contributed by atoms with Crippen molar-refractivity contribution < 1.29 is 33.4 Å². The normalized spacial score (nSPS) is 12.5. The minimum absolute atomic E-state index is 0.129. The third kappa shape index (κ3) is 13.0. The van der Waals surface area contributed by atoms with Gasteiger partial charge >= 0.3 is 12.6 Å². The fourth-order valence-electron chi connectivity index (χ4n) is 2.03. The maximum atomic E-state index is 12.1. The van der Waals surface area contributed by atoms with Gasteiger partial charge in [-0.3, -0.25) is 14.4 Å². The molecule has 0 aromatic heterocycles. The molecule has 0 bridgehead atoms. The maximum absolute atomic E-state index is 12.1. The van der Waals surface area contributed by atoms with E-state index in [9.17, 15) is 19.3 Å². The van der Waals surface area contributed by atoms with E-state index in [1.54, 1.807) is 73.2 Å². The van der Waals surface area contributed by atoms with E-state index in [2.05, 4.69) is 0 Å². The second kappa shape index (κ2) is 16.4. The van der Waals surface area contributed by atoms with Crippen LogP contribution in [0.25, 0.3) is 0 Å². The number of esters is 1. The Hall–Kier alpha value is -1.34. The summed E-state index contributed by atoms with van der Waals surface area (Å²) >= 11 is 5.22. The van der Waals surface area contributed by atoms with E-state index in [0.29, 0.717) is 6.61 Å². The quantitative estimate of drug-likeness (QED) is 0.192. The van der Waals surface area contributed by atoms with Crippen molar-refractivity contribution in [1.29, 1.82) is 0 Å². The number of carbonyl (C=O) groups excluding carboxylic acids is 3. The Morgan fingerprint density at radius 1 is 1.00 bits per heavy atom. The first-order chi connectivity index (χ1) is 16.1. The first-order valence-corrected chi connectivity index (χ1v) is 15.4. The van der Waals surface area contributed by atoms with Crippen molar-refractivity contribution in [3.05, 3.63) is 29.8 Å². The second-order valence-corrected chi connectivity index (χ2v) is 12.9. The molecule has 1 N–H and O–H groups in total. The molecule has 35 heavy (non-hydrogen) atoms. The SMILES string of the molecule is CCON(C(C)C)P(O)(=S)Oc1ccccc1C(=O)OC(C)C.CN(C)C(=O)SSC(=O)N(C)C. The third-order valence-electron chi connectivity index (χ3n) is 3.53. The first-order valence-electron chi connectivity index (χ1n) is 10.7. The summed E-state index contributed by atoms with van der Waals surface area (Å²) in [5.41, 5.74) is 0.213. The molecule has 0 saturated heterocycles. The largest absolute Gasteiger partial charge is 0.459 e. The van der Waals surface area contributed by atoms with Crippen LogP contribution in [0.2, 0.25) is 0 Å². The predicted octanol–water partition coefficient (Wildman–Crippen LogP) is 5.24. The maximum Gasteiger partial charge on any atom is 0.342 e.